The lowest BCUT2D eigenvalue weighted by molar-refractivity contribution is -0.138. The normalized spacial score (nSPS) is 22.2. The van der Waals surface area contributed by atoms with Crippen LogP contribution in [0.1, 0.15) is 24.4 Å². The average Bonchev–Trinajstić information content (AvgIpc) is 2.62. The molecule has 0 spiro atoms. The van der Waals surface area contributed by atoms with E-state index in [2.05, 4.69) is 5.32 Å². The minimum atomic E-state index is -4.07. The summed E-state index contributed by atoms with van der Waals surface area (Å²) < 4.78 is 36.9. The van der Waals surface area contributed by atoms with Crippen molar-refractivity contribution in [2.24, 2.45) is 0 Å². The van der Waals surface area contributed by atoms with Crippen LogP contribution in [0.15, 0.2) is 30.3 Å². The van der Waals surface area contributed by atoms with Gasteiger partial charge in [-0.25, -0.2) is 0 Å². The van der Waals surface area contributed by atoms with Gasteiger partial charge in [-0.05, 0) is 25.1 Å². The van der Waals surface area contributed by atoms with Crippen LogP contribution in [-0.2, 0) is 0 Å². The van der Waals surface area contributed by atoms with Crippen LogP contribution in [-0.4, -0.2) is 37.3 Å². The van der Waals surface area contributed by atoms with Crippen molar-refractivity contribution in [1.29, 1.82) is 0 Å². The third-order valence-electron chi connectivity index (χ3n) is 3.40. The molecule has 1 heterocycles. The number of benzene rings is 1. The molecule has 1 fully saturated rings. The summed E-state index contributed by atoms with van der Waals surface area (Å²) >= 11 is 0. The molecule has 0 saturated carbocycles. The zero-order valence-corrected chi connectivity index (χ0v) is 10.8. The van der Waals surface area contributed by atoms with E-state index in [1.165, 1.54) is 0 Å². The van der Waals surface area contributed by atoms with Crippen LogP contribution < -0.4 is 5.32 Å². The molecular formula is C14H19F3N2. The summed E-state index contributed by atoms with van der Waals surface area (Å²) in [5.74, 6) is 0. The van der Waals surface area contributed by atoms with Gasteiger partial charge in [0.05, 0.1) is 6.42 Å². The summed E-state index contributed by atoms with van der Waals surface area (Å²) in [6, 6.07) is 10.0. The first-order valence-corrected chi connectivity index (χ1v) is 6.62. The van der Waals surface area contributed by atoms with Gasteiger partial charge in [-0.3, -0.25) is 0 Å². The van der Waals surface area contributed by atoms with E-state index in [1.807, 2.05) is 35.2 Å². The highest BCUT2D eigenvalue weighted by molar-refractivity contribution is 5.19. The third-order valence-corrected chi connectivity index (χ3v) is 3.40. The van der Waals surface area contributed by atoms with Gasteiger partial charge in [-0.2, -0.15) is 13.2 Å². The summed E-state index contributed by atoms with van der Waals surface area (Å²) in [5, 5.41) is 3.40. The third kappa shape index (κ3) is 4.84. The van der Waals surface area contributed by atoms with E-state index in [1.54, 1.807) is 0 Å². The molecule has 1 N–H and O–H groups in total. The minimum absolute atomic E-state index is 0.0918. The molecule has 106 valence electrons. The van der Waals surface area contributed by atoms with Crippen LogP contribution in [0, 0.1) is 0 Å². The first-order chi connectivity index (χ1) is 9.04. The monoisotopic (exact) mass is 272 g/mol. The minimum Gasteiger partial charge on any atom is -0.309 e. The highest BCUT2D eigenvalue weighted by Crippen LogP contribution is 2.22. The first kappa shape index (κ1) is 14.3. The van der Waals surface area contributed by atoms with Crippen LogP contribution in [0.3, 0.4) is 0 Å². The molecule has 1 unspecified atom stereocenters. The number of halogens is 3. The van der Waals surface area contributed by atoms with E-state index in [0.29, 0.717) is 6.54 Å². The Morgan fingerprint density at radius 1 is 1.21 bits per heavy atom. The zero-order chi connectivity index (χ0) is 13.7. The topological polar surface area (TPSA) is 15.3 Å². The lowest BCUT2D eigenvalue weighted by atomic mass is 10.1. The number of hydrogen-bond donors (Lipinski definition) is 1. The molecule has 0 aliphatic carbocycles. The zero-order valence-electron chi connectivity index (χ0n) is 10.8. The van der Waals surface area contributed by atoms with Crippen LogP contribution >= 0.6 is 0 Å². The maximum Gasteiger partial charge on any atom is 0.390 e. The summed E-state index contributed by atoms with van der Waals surface area (Å²) in [4.78, 5) is 1.91. The van der Waals surface area contributed by atoms with E-state index in [9.17, 15) is 13.2 Å². The van der Waals surface area contributed by atoms with Crippen molar-refractivity contribution in [1.82, 2.24) is 10.2 Å². The number of alkyl halides is 3. The Hall–Kier alpha value is -1.07. The Bertz CT molecular complexity index is 378. The second kappa shape index (κ2) is 6.39. The highest BCUT2D eigenvalue weighted by atomic mass is 19.4. The van der Waals surface area contributed by atoms with Gasteiger partial charge in [0.1, 0.15) is 0 Å². The molecule has 2 nitrogen and oxygen atoms in total. The molecule has 0 bridgehead atoms. The largest absolute Gasteiger partial charge is 0.390 e. The van der Waals surface area contributed by atoms with E-state index in [-0.39, 0.29) is 12.6 Å². The SMILES string of the molecule is FC(F)(F)CCN1CCCNC(c2ccccc2)C1. The van der Waals surface area contributed by atoms with Gasteiger partial charge in [-0.15, -0.1) is 0 Å². The molecule has 1 aliphatic heterocycles. The van der Waals surface area contributed by atoms with E-state index >= 15 is 0 Å². The summed E-state index contributed by atoms with van der Waals surface area (Å²) in [6.07, 6.45) is -3.91. The predicted molar refractivity (Wildman–Crippen MR) is 68.9 cm³/mol. The second-order valence-electron chi connectivity index (χ2n) is 4.94. The van der Waals surface area contributed by atoms with Crippen LogP contribution in [0.25, 0.3) is 0 Å². The molecule has 1 atom stereocenters. The number of hydrogen-bond acceptors (Lipinski definition) is 2. The Morgan fingerprint density at radius 3 is 2.63 bits per heavy atom. The fourth-order valence-electron chi connectivity index (χ4n) is 2.39. The summed E-state index contributed by atoms with van der Waals surface area (Å²) in [5.41, 5.74) is 1.14. The fourth-order valence-corrected chi connectivity index (χ4v) is 2.39. The quantitative estimate of drug-likeness (QED) is 0.910. The van der Waals surface area contributed by atoms with Crippen LogP contribution in [0.5, 0.6) is 0 Å². The molecule has 0 radical (unpaired) electrons. The van der Waals surface area contributed by atoms with Crippen LogP contribution in [0.4, 0.5) is 13.2 Å². The van der Waals surface area contributed by atoms with Crippen LogP contribution in [0.2, 0.25) is 0 Å². The molecule has 19 heavy (non-hydrogen) atoms. The molecule has 2 rings (SSSR count). The van der Waals surface area contributed by atoms with Gasteiger partial charge < -0.3 is 10.2 Å². The Morgan fingerprint density at radius 2 is 1.95 bits per heavy atom. The smallest absolute Gasteiger partial charge is 0.309 e. The van der Waals surface area contributed by atoms with Gasteiger partial charge in [0.15, 0.2) is 0 Å². The Balaban J connectivity index is 1.95. The summed E-state index contributed by atoms with van der Waals surface area (Å²) in [7, 11) is 0. The lowest BCUT2D eigenvalue weighted by Crippen LogP contribution is -2.33. The molecule has 1 aliphatic rings. The number of rotatable bonds is 3. The average molecular weight is 272 g/mol. The van der Waals surface area contributed by atoms with E-state index < -0.39 is 12.6 Å². The van der Waals surface area contributed by atoms with Crippen molar-refractivity contribution in [2.75, 3.05) is 26.2 Å². The van der Waals surface area contributed by atoms with Gasteiger partial charge in [-0.1, -0.05) is 30.3 Å². The van der Waals surface area contributed by atoms with Crippen molar-refractivity contribution in [2.45, 2.75) is 25.1 Å². The van der Waals surface area contributed by atoms with Gasteiger partial charge in [0, 0.05) is 19.1 Å². The first-order valence-electron chi connectivity index (χ1n) is 6.62. The fraction of sp³-hybridized carbons (Fsp3) is 0.571. The standard InChI is InChI=1S/C14H19F3N2/c15-14(16,17)7-10-19-9-4-8-18-13(11-19)12-5-2-1-3-6-12/h1-3,5-6,13,18H,4,7-11H2. The number of nitrogens with one attached hydrogen (secondary N) is 1. The molecule has 0 aromatic heterocycles. The van der Waals surface area contributed by atoms with Crippen molar-refractivity contribution in [3.8, 4) is 0 Å². The molecular weight excluding hydrogens is 253 g/mol. The van der Waals surface area contributed by atoms with E-state index in [0.717, 1.165) is 25.1 Å². The highest BCUT2D eigenvalue weighted by Gasteiger charge is 2.29. The number of nitrogens with zero attached hydrogens (tertiary/aromatic N) is 1. The molecule has 5 heteroatoms. The molecule has 1 aromatic carbocycles. The predicted octanol–water partition coefficient (Wildman–Crippen LogP) is 2.98. The van der Waals surface area contributed by atoms with Crippen molar-refractivity contribution < 1.29 is 13.2 Å². The second-order valence-corrected chi connectivity index (χ2v) is 4.94. The van der Waals surface area contributed by atoms with Crippen molar-refractivity contribution in [3.05, 3.63) is 35.9 Å². The Kier molecular flexibility index (Phi) is 4.82. The maximum absolute atomic E-state index is 12.3. The molecule has 0 amide bonds. The van der Waals surface area contributed by atoms with Gasteiger partial charge >= 0.3 is 6.18 Å². The van der Waals surface area contributed by atoms with Crippen molar-refractivity contribution in [3.63, 3.8) is 0 Å². The van der Waals surface area contributed by atoms with E-state index in [4.69, 9.17) is 0 Å². The van der Waals surface area contributed by atoms with Gasteiger partial charge in [0.25, 0.3) is 0 Å². The van der Waals surface area contributed by atoms with Gasteiger partial charge in [0.2, 0.25) is 0 Å². The lowest BCUT2D eigenvalue weighted by Gasteiger charge is -2.25. The molecule has 1 aromatic rings. The molecule has 1 saturated heterocycles. The van der Waals surface area contributed by atoms with Crippen molar-refractivity contribution >= 4 is 0 Å². The summed E-state index contributed by atoms with van der Waals surface area (Å²) in [6.45, 7) is 2.31. The Labute approximate surface area is 111 Å². The maximum atomic E-state index is 12.3.